The first-order chi connectivity index (χ1) is 10.2. The van der Waals surface area contributed by atoms with Crippen molar-refractivity contribution in [1.29, 1.82) is 0 Å². The van der Waals surface area contributed by atoms with Crippen LogP contribution in [0.2, 0.25) is 0 Å². The molecule has 0 aliphatic heterocycles. The third-order valence-corrected chi connectivity index (χ3v) is 4.08. The molecule has 1 aromatic heterocycles. The van der Waals surface area contributed by atoms with Crippen LogP contribution in [0.5, 0.6) is 0 Å². The van der Waals surface area contributed by atoms with E-state index in [0.29, 0.717) is 5.82 Å². The number of benzene rings is 1. The van der Waals surface area contributed by atoms with E-state index in [1.165, 1.54) is 17.4 Å². The Morgan fingerprint density at radius 1 is 1.38 bits per heavy atom. The van der Waals surface area contributed by atoms with Gasteiger partial charge in [0, 0.05) is 11.6 Å². The number of nitrogens with zero attached hydrogens (tertiary/aromatic N) is 1. The van der Waals surface area contributed by atoms with Crippen LogP contribution in [0.1, 0.15) is 30.9 Å². The molecule has 2 aromatic rings. The summed E-state index contributed by atoms with van der Waals surface area (Å²) >= 11 is 0. The van der Waals surface area contributed by atoms with Gasteiger partial charge in [-0.3, -0.25) is 10.1 Å². The summed E-state index contributed by atoms with van der Waals surface area (Å²) in [6, 6.07) is 10.1. The Labute approximate surface area is 123 Å². The minimum atomic E-state index is -0.157. The molecular weight excluding hydrogens is 266 g/mol. The number of aryl methyl sites for hydroxylation is 1. The summed E-state index contributed by atoms with van der Waals surface area (Å²) < 4.78 is 4.69. The molecule has 1 amide bonds. The van der Waals surface area contributed by atoms with Gasteiger partial charge in [-0.25, -0.2) is 0 Å². The van der Waals surface area contributed by atoms with Crippen molar-refractivity contribution in [2.24, 2.45) is 0 Å². The lowest BCUT2D eigenvalue weighted by atomic mass is 9.78. The Kier molecular flexibility index (Phi) is 3.75. The molecule has 0 fully saturated rings. The minimum Gasteiger partial charge on any atom is -0.363 e. The molecule has 1 aromatic carbocycles. The largest absolute Gasteiger partial charge is 0.363 e. The Balaban J connectivity index is 1.66. The van der Waals surface area contributed by atoms with Gasteiger partial charge in [0.1, 0.15) is 6.26 Å². The summed E-state index contributed by atoms with van der Waals surface area (Å²) in [5, 5.41) is 9.76. The molecule has 1 aliphatic carbocycles. The summed E-state index contributed by atoms with van der Waals surface area (Å²) in [6.07, 6.45) is 4.70. The fraction of sp³-hybridized carbons (Fsp3) is 0.375. The zero-order chi connectivity index (χ0) is 14.7. The number of nitrogens with one attached hydrogen (secondary N) is 2. The molecule has 0 spiro atoms. The lowest BCUT2D eigenvalue weighted by Crippen LogP contribution is -2.45. The van der Waals surface area contributed by atoms with E-state index in [1.54, 1.807) is 6.07 Å². The standard InChI is InChI=1S/C16H19N3O2/c1-16(9-4-6-12-5-2-3-7-13(12)16)17-11-15(20)18-14-8-10-21-19-14/h2-3,5,7-8,10,17H,4,6,9,11H2,1H3,(H,18,19,20). The van der Waals surface area contributed by atoms with Gasteiger partial charge in [-0.2, -0.15) is 0 Å². The van der Waals surface area contributed by atoms with Crippen molar-refractivity contribution in [2.45, 2.75) is 31.7 Å². The van der Waals surface area contributed by atoms with E-state index in [0.717, 1.165) is 19.3 Å². The van der Waals surface area contributed by atoms with Crippen molar-refractivity contribution in [3.63, 3.8) is 0 Å². The van der Waals surface area contributed by atoms with Gasteiger partial charge in [-0.15, -0.1) is 0 Å². The van der Waals surface area contributed by atoms with Crippen LogP contribution in [0.3, 0.4) is 0 Å². The summed E-state index contributed by atoms with van der Waals surface area (Å²) in [7, 11) is 0. The molecule has 1 aliphatic rings. The van der Waals surface area contributed by atoms with Crippen molar-refractivity contribution in [2.75, 3.05) is 11.9 Å². The quantitative estimate of drug-likeness (QED) is 0.905. The average molecular weight is 285 g/mol. The van der Waals surface area contributed by atoms with Crippen molar-refractivity contribution in [1.82, 2.24) is 10.5 Å². The van der Waals surface area contributed by atoms with Gasteiger partial charge in [0.05, 0.1) is 6.54 Å². The highest BCUT2D eigenvalue weighted by Crippen LogP contribution is 2.34. The second kappa shape index (κ2) is 5.69. The van der Waals surface area contributed by atoms with Crippen LogP contribution in [0.4, 0.5) is 5.82 Å². The van der Waals surface area contributed by atoms with Crippen LogP contribution in [0, 0.1) is 0 Å². The number of hydrogen-bond acceptors (Lipinski definition) is 4. The van der Waals surface area contributed by atoms with Gasteiger partial charge < -0.3 is 9.84 Å². The Morgan fingerprint density at radius 2 is 2.24 bits per heavy atom. The molecule has 0 saturated heterocycles. The fourth-order valence-corrected chi connectivity index (χ4v) is 2.97. The van der Waals surface area contributed by atoms with Crippen LogP contribution in [0.25, 0.3) is 0 Å². The van der Waals surface area contributed by atoms with Crippen LogP contribution in [-0.2, 0) is 16.8 Å². The Bertz CT molecular complexity index is 624. The first kappa shape index (κ1) is 13.8. The highest BCUT2D eigenvalue weighted by molar-refractivity contribution is 5.91. The molecule has 0 radical (unpaired) electrons. The maximum absolute atomic E-state index is 12.0. The van der Waals surface area contributed by atoms with Crippen molar-refractivity contribution < 1.29 is 9.32 Å². The van der Waals surface area contributed by atoms with Gasteiger partial charge >= 0.3 is 0 Å². The summed E-state index contributed by atoms with van der Waals surface area (Å²) in [6.45, 7) is 2.41. The molecule has 1 atom stereocenters. The average Bonchev–Trinajstić information content (AvgIpc) is 2.99. The topological polar surface area (TPSA) is 67.2 Å². The maximum Gasteiger partial charge on any atom is 0.239 e. The molecule has 1 unspecified atom stereocenters. The molecule has 1 heterocycles. The zero-order valence-corrected chi connectivity index (χ0v) is 12.1. The van der Waals surface area contributed by atoms with E-state index < -0.39 is 0 Å². The lowest BCUT2D eigenvalue weighted by Gasteiger charge is -2.37. The van der Waals surface area contributed by atoms with E-state index in [-0.39, 0.29) is 18.0 Å². The predicted molar refractivity (Wildman–Crippen MR) is 79.9 cm³/mol. The van der Waals surface area contributed by atoms with E-state index in [1.807, 2.05) is 0 Å². The van der Waals surface area contributed by atoms with E-state index >= 15 is 0 Å². The fourth-order valence-electron chi connectivity index (χ4n) is 2.97. The van der Waals surface area contributed by atoms with Crippen LogP contribution in [0.15, 0.2) is 41.1 Å². The van der Waals surface area contributed by atoms with Crippen LogP contribution >= 0.6 is 0 Å². The summed E-state index contributed by atoms with van der Waals surface area (Å²) in [4.78, 5) is 12.0. The lowest BCUT2D eigenvalue weighted by molar-refractivity contribution is -0.115. The first-order valence-electron chi connectivity index (χ1n) is 7.21. The Hall–Kier alpha value is -2.14. The Morgan fingerprint density at radius 3 is 3.05 bits per heavy atom. The van der Waals surface area contributed by atoms with E-state index in [9.17, 15) is 4.79 Å². The molecule has 3 rings (SSSR count). The third kappa shape index (κ3) is 2.97. The number of hydrogen-bond donors (Lipinski definition) is 2. The molecule has 0 saturated carbocycles. The maximum atomic E-state index is 12.0. The number of carbonyl (C=O) groups is 1. The summed E-state index contributed by atoms with van der Waals surface area (Å²) in [5.74, 6) is 0.323. The highest BCUT2D eigenvalue weighted by atomic mass is 16.5. The minimum absolute atomic E-state index is 0.117. The van der Waals surface area contributed by atoms with Gasteiger partial charge in [0.15, 0.2) is 5.82 Å². The van der Waals surface area contributed by atoms with Crippen molar-refractivity contribution in [3.05, 3.63) is 47.7 Å². The van der Waals surface area contributed by atoms with Gasteiger partial charge in [0.25, 0.3) is 0 Å². The van der Waals surface area contributed by atoms with Crippen molar-refractivity contribution >= 4 is 11.7 Å². The monoisotopic (exact) mass is 285 g/mol. The summed E-state index contributed by atoms with van der Waals surface area (Å²) in [5.41, 5.74) is 2.51. The van der Waals surface area contributed by atoms with Crippen LogP contribution in [-0.4, -0.2) is 17.6 Å². The highest BCUT2D eigenvalue weighted by Gasteiger charge is 2.31. The molecule has 5 heteroatoms. The zero-order valence-electron chi connectivity index (χ0n) is 12.1. The number of rotatable bonds is 4. The number of anilines is 1. The SMILES string of the molecule is CC1(NCC(=O)Nc2ccon2)CCCc2ccccc21. The van der Waals surface area contributed by atoms with Gasteiger partial charge in [-0.1, -0.05) is 29.4 Å². The van der Waals surface area contributed by atoms with Gasteiger partial charge in [0.2, 0.25) is 5.91 Å². The third-order valence-electron chi connectivity index (χ3n) is 4.08. The normalized spacial score (nSPS) is 20.8. The van der Waals surface area contributed by atoms with Gasteiger partial charge in [-0.05, 0) is 37.3 Å². The van der Waals surface area contributed by atoms with E-state index in [2.05, 4.69) is 47.0 Å². The second-order valence-electron chi connectivity index (χ2n) is 5.63. The smallest absolute Gasteiger partial charge is 0.239 e. The molecule has 2 N–H and O–H groups in total. The number of fused-ring (bicyclic) bond motifs is 1. The molecule has 0 bridgehead atoms. The van der Waals surface area contributed by atoms with Crippen LogP contribution < -0.4 is 10.6 Å². The predicted octanol–water partition coefficient (Wildman–Crippen LogP) is 2.45. The number of aromatic nitrogens is 1. The van der Waals surface area contributed by atoms with Crippen molar-refractivity contribution in [3.8, 4) is 0 Å². The van der Waals surface area contributed by atoms with E-state index in [4.69, 9.17) is 4.52 Å². The molecule has 5 nitrogen and oxygen atoms in total. The number of amides is 1. The second-order valence-corrected chi connectivity index (χ2v) is 5.63. The molecular formula is C16H19N3O2. The first-order valence-corrected chi connectivity index (χ1v) is 7.21. The number of carbonyl (C=O) groups excluding carboxylic acids is 1. The molecule has 110 valence electrons. The molecule has 21 heavy (non-hydrogen) atoms.